The van der Waals surface area contributed by atoms with Gasteiger partial charge in [-0.05, 0) is 32.2 Å². The molecule has 239 valence electrons. The van der Waals surface area contributed by atoms with E-state index in [1.165, 1.54) is 96.3 Å². The van der Waals surface area contributed by atoms with E-state index in [2.05, 4.69) is 12.2 Å². The molecule has 0 saturated heterocycles. The molecule has 0 fully saturated rings. The second-order valence-electron chi connectivity index (χ2n) is 11.8. The number of nitrogens with two attached hydrogens (primary N) is 2. The van der Waals surface area contributed by atoms with Gasteiger partial charge in [0.15, 0.2) is 5.78 Å². The number of carboxylic acid groups (broad SMARTS) is 1. The fourth-order valence-electron chi connectivity index (χ4n) is 5.22. The van der Waals surface area contributed by atoms with Gasteiger partial charge in [-0.3, -0.25) is 14.4 Å². The van der Waals surface area contributed by atoms with Gasteiger partial charge < -0.3 is 21.9 Å². The van der Waals surface area contributed by atoms with Crippen LogP contribution in [0.4, 0.5) is 0 Å². The quantitative estimate of drug-likeness (QED) is 0.0538. The van der Waals surface area contributed by atoms with Crippen molar-refractivity contribution in [1.82, 2.24) is 5.32 Å². The van der Waals surface area contributed by atoms with Crippen molar-refractivity contribution in [2.75, 3.05) is 6.54 Å². The van der Waals surface area contributed by atoms with Crippen molar-refractivity contribution in [2.45, 2.75) is 173 Å². The first-order valence-corrected chi connectivity index (χ1v) is 16.8. The summed E-state index contributed by atoms with van der Waals surface area (Å²) >= 11 is 0. The molecule has 8 nitrogen and oxygen atoms in total. The topological polar surface area (TPSA) is 153 Å². The Morgan fingerprint density at radius 3 is 1.54 bits per heavy atom. The number of amides is 1. The van der Waals surface area contributed by atoms with E-state index in [1.807, 2.05) is 0 Å². The normalized spacial score (nSPS) is 13.4. The molecule has 0 aliphatic rings. The summed E-state index contributed by atoms with van der Waals surface area (Å²) in [4.78, 5) is 47.7. The molecule has 6 N–H and O–H groups in total. The molecule has 41 heavy (non-hydrogen) atoms. The second-order valence-corrected chi connectivity index (χ2v) is 11.8. The Hall–Kier alpha value is -1.80. The van der Waals surface area contributed by atoms with Crippen molar-refractivity contribution in [3.63, 3.8) is 0 Å². The Morgan fingerprint density at radius 2 is 1.15 bits per heavy atom. The molecule has 0 heterocycles. The summed E-state index contributed by atoms with van der Waals surface area (Å²) in [7, 11) is 0. The van der Waals surface area contributed by atoms with E-state index in [0.29, 0.717) is 32.2 Å². The van der Waals surface area contributed by atoms with Crippen LogP contribution in [0.5, 0.6) is 0 Å². The van der Waals surface area contributed by atoms with Gasteiger partial charge in [-0.2, -0.15) is 0 Å². The lowest BCUT2D eigenvalue weighted by molar-refractivity contribution is -0.142. The average Bonchev–Trinajstić information content (AvgIpc) is 2.96. The van der Waals surface area contributed by atoms with Gasteiger partial charge in [-0.15, -0.1) is 0 Å². The van der Waals surface area contributed by atoms with Crippen LogP contribution < -0.4 is 16.8 Å². The molecule has 0 spiro atoms. The van der Waals surface area contributed by atoms with E-state index < -0.39 is 29.8 Å². The van der Waals surface area contributed by atoms with E-state index in [0.717, 1.165) is 19.3 Å². The standard InChI is InChI=1S/C33H62N3O5/c1-2-3-4-5-6-7-8-9-10-11-12-13-14-15-16-17-18-19-20-24-31(38)36-30(33(40)41)26-28(27-37)32(39)29(35)23-21-22-25-34/h28-30H,2-26,34-35H2,1H3,(H,36,38)(H,40,41)/t28?,29-,30-/m0/s1. The number of hydrogen-bond acceptors (Lipinski definition) is 6. The molecule has 0 aromatic rings. The van der Waals surface area contributed by atoms with Gasteiger partial charge in [-0.25, -0.2) is 4.79 Å². The van der Waals surface area contributed by atoms with Gasteiger partial charge in [0.05, 0.1) is 12.0 Å². The van der Waals surface area contributed by atoms with Gasteiger partial charge in [-0.1, -0.05) is 129 Å². The third-order valence-electron chi connectivity index (χ3n) is 7.93. The number of rotatable bonds is 31. The lowest BCUT2D eigenvalue weighted by Crippen LogP contribution is -2.45. The van der Waals surface area contributed by atoms with Gasteiger partial charge in [0.2, 0.25) is 12.2 Å². The highest BCUT2D eigenvalue weighted by molar-refractivity contribution is 5.97. The van der Waals surface area contributed by atoms with Crippen molar-refractivity contribution in [2.24, 2.45) is 17.4 Å². The minimum Gasteiger partial charge on any atom is -0.480 e. The number of nitrogens with one attached hydrogen (secondary N) is 1. The van der Waals surface area contributed by atoms with Crippen LogP contribution in [0.2, 0.25) is 0 Å². The van der Waals surface area contributed by atoms with Crippen LogP contribution in [0.15, 0.2) is 0 Å². The van der Waals surface area contributed by atoms with Gasteiger partial charge in [0.1, 0.15) is 6.04 Å². The number of hydrogen-bond donors (Lipinski definition) is 4. The van der Waals surface area contributed by atoms with Crippen LogP contribution in [0.1, 0.15) is 161 Å². The molecule has 0 aromatic carbocycles. The highest BCUT2D eigenvalue weighted by atomic mass is 16.4. The first-order valence-electron chi connectivity index (χ1n) is 16.8. The second kappa shape index (κ2) is 28.3. The van der Waals surface area contributed by atoms with E-state index in [1.54, 1.807) is 6.29 Å². The molecule has 0 rings (SSSR count). The van der Waals surface area contributed by atoms with Gasteiger partial charge in [0.25, 0.3) is 0 Å². The molecule has 3 atom stereocenters. The monoisotopic (exact) mass is 580 g/mol. The Labute approximate surface area is 250 Å². The van der Waals surface area contributed by atoms with Gasteiger partial charge in [0, 0.05) is 6.42 Å². The molecular weight excluding hydrogens is 518 g/mol. The van der Waals surface area contributed by atoms with Crippen LogP contribution >= 0.6 is 0 Å². The summed E-state index contributed by atoms with van der Waals surface area (Å²) in [6.45, 7) is 2.75. The molecule has 8 heteroatoms. The van der Waals surface area contributed by atoms with E-state index in [-0.39, 0.29) is 18.7 Å². The lowest BCUT2D eigenvalue weighted by atomic mass is 9.90. The van der Waals surface area contributed by atoms with Crippen LogP contribution in [0, 0.1) is 5.92 Å². The van der Waals surface area contributed by atoms with Gasteiger partial charge >= 0.3 is 5.97 Å². The summed E-state index contributed by atoms with van der Waals surface area (Å²) in [6.07, 6.45) is 27.4. The van der Waals surface area contributed by atoms with E-state index >= 15 is 0 Å². The summed E-state index contributed by atoms with van der Waals surface area (Å²) in [5.74, 6) is -3.49. The molecule has 1 unspecified atom stereocenters. The largest absolute Gasteiger partial charge is 0.480 e. The van der Waals surface area contributed by atoms with Crippen molar-refractivity contribution in [1.29, 1.82) is 0 Å². The molecule has 1 amide bonds. The van der Waals surface area contributed by atoms with Crippen LogP contribution in [-0.2, 0) is 19.2 Å². The Morgan fingerprint density at radius 1 is 0.707 bits per heavy atom. The number of aliphatic carboxylic acids is 1. The van der Waals surface area contributed by atoms with Crippen molar-refractivity contribution < 1.29 is 24.3 Å². The molecular formula is C33H62N3O5. The number of unbranched alkanes of at least 4 members (excludes halogenated alkanes) is 19. The number of Topliss-reactive ketones (excluding diaryl/α,β-unsaturated/α-hetero) is 1. The minimum atomic E-state index is -1.32. The zero-order valence-corrected chi connectivity index (χ0v) is 26.1. The first-order chi connectivity index (χ1) is 19.9. The SMILES string of the molecule is CCCCCCCCCCCCCCCCCCCCCC(=O)N[C@@H](CC([C]=O)C(=O)[C@@H](N)CCCCN)C(=O)O. The Kier molecular flexibility index (Phi) is 27.1. The molecule has 0 aromatic heterocycles. The summed E-state index contributed by atoms with van der Waals surface area (Å²) in [5.41, 5.74) is 11.3. The predicted molar refractivity (Wildman–Crippen MR) is 167 cm³/mol. The van der Waals surface area contributed by atoms with Crippen molar-refractivity contribution in [3.05, 3.63) is 0 Å². The zero-order valence-electron chi connectivity index (χ0n) is 26.1. The maximum atomic E-state index is 12.4. The third kappa shape index (κ3) is 23.5. The Bertz CT molecular complexity index is 673. The van der Waals surface area contributed by atoms with Crippen LogP contribution in [-0.4, -0.2) is 47.7 Å². The maximum absolute atomic E-state index is 12.4. The zero-order chi connectivity index (χ0) is 30.6. The summed E-state index contributed by atoms with van der Waals surface area (Å²) < 4.78 is 0. The van der Waals surface area contributed by atoms with Crippen LogP contribution in [0.25, 0.3) is 0 Å². The molecule has 0 aliphatic heterocycles. The predicted octanol–water partition coefficient (Wildman–Crippen LogP) is 6.52. The van der Waals surface area contributed by atoms with E-state index in [4.69, 9.17) is 11.5 Å². The van der Waals surface area contributed by atoms with E-state index in [9.17, 15) is 24.3 Å². The molecule has 0 bridgehead atoms. The first kappa shape index (κ1) is 39.2. The van der Waals surface area contributed by atoms with Crippen molar-refractivity contribution in [3.8, 4) is 0 Å². The van der Waals surface area contributed by atoms with Crippen LogP contribution in [0.3, 0.4) is 0 Å². The third-order valence-corrected chi connectivity index (χ3v) is 7.93. The van der Waals surface area contributed by atoms with Crippen molar-refractivity contribution >= 4 is 23.9 Å². The fourth-order valence-corrected chi connectivity index (χ4v) is 5.22. The molecule has 0 saturated carbocycles. The lowest BCUT2D eigenvalue weighted by Gasteiger charge is -2.19. The summed E-state index contributed by atoms with van der Waals surface area (Å²) in [6, 6.07) is -2.20. The number of carboxylic acids is 1. The summed E-state index contributed by atoms with van der Waals surface area (Å²) in [5, 5.41) is 12.0. The fraction of sp³-hybridized carbons (Fsp3) is 0.879. The number of ketones is 1. The highest BCUT2D eigenvalue weighted by Crippen LogP contribution is 2.15. The molecule has 1 radical (unpaired) electrons. The highest BCUT2D eigenvalue weighted by Gasteiger charge is 2.31. The number of carbonyl (C=O) groups is 3. The smallest absolute Gasteiger partial charge is 0.326 e. The molecule has 0 aliphatic carbocycles. The number of carbonyl (C=O) groups excluding carboxylic acids is 3. The Balaban J connectivity index is 3.83. The minimum absolute atomic E-state index is 0.227. The average molecular weight is 581 g/mol. The maximum Gasteiger partial charge on any atom is 0.326 e.